The summed E-state index contributed by atoms with van der Waals surface area (Å²) in [5.41, 5.74) is 0.445. The Labute approximate surface area is 145 Å². The second-order valence-corrected chi connectivity index (χ2v) is 5.19. The quantitative estimate of drug-likeness (QED) is 0.723. The van der Waals surface area contributed by atoms with E-state index >= 15 is 0 Å². The van der Waals surface area contributed by atoms with E-state index in [9.17, 15) is 13.6 Å². The van der Waals surface area contributed by atoms with Crippen LogP contribution in [0.1, 0.15) is 6.42 Å². The highest BCUT2D eigenvalue weighted by atomic mass is 35.5. The predicted molar refractivity (Wildman–Crippen MR) is 87.6 cm³/mol. The summed E-state index contributed by atoms with van der Waals surface area (Å²) in [5, 5.41) is 5.11. The molecule has 1 aliphatic heterocycles. The molecule has 2 rings (SSSR count). The van der Waals surface area contributed by atoms with Crippen LogP contribution in [0.5, 0.6) is 11.5 Å². The zero-order valence-corrected chi connectivity index (χ0v) is 14.3. The van der Waals surface area contributed by atoms with Gasteiger partial charge in [0.2, 0.25) is 5.91 Å². The van der Waals surface area contributed by atoms with Crippen molar-refractivity contribution in [1.82, 2.24) is 5.32 Å². The van der Waals surface area contributed by atoms with Crippen LogP contribution in [-0.2, 0) is 9.53 Å². The molecule has 1 atom stereocenters. The maximum absolute atomic E-state index is 13.1. The Balaban J connectivity index is 0.00000288. The Kier molecular flexibility index (Phi) is 7.65. The minimum absolute atomic E-state index is 0. The molecule has 0 aliphatic carbocycles. The molecule has 6 nitrogen and oxygen atoms in total. The van der Waals surface area contributed by atoms with Crippen LogP contribution in [0.25, 0.3) is 0 Å². The van der Waals surface area contributed by atoms with Crippen molar-refractivity contribution in [3.63, 3.8) is 0 Å². The second-order valence-electron chi connectivity index (χ2n) is 5.19. The zero-order chi connectivity index (χ0) is 16.9. The smallest absolute Gasteiger partial charge is 0.262 e. The average Bonchev–Trinajstić information content (AvgIpc) is 2.88. The highest BCUT2D eigenvalue weighted by molar-refractivity contribution is 5.95. The molecule has 1 heterocycles. The molecule has 1 aromatic carbocycles. The van der Waals surface area contributed by atoms with Crippen LogP contribution in [0.15, 0.2) is 18.2 Å². The molecule has 0 saturated carbocycles. The highest BCUT2D eigenvalue weighted by Crippen LogP contribution is 2.31. The molecule has 0 bridgehead atoms. The zero-order valence-electron chi connectivity index (χ0n) is 13.4. The molecule has 1 saturated heterocycles. The Bertz CT molecular complexity index is 560. The Morgan fingerprint density at radius 3 is 2.67 bits per heavy atom. The number of anilines is 1. The molecule has 24 heavy (non-hydrogen) atoms. The van der Waals surface area contributed by atoms with E-state index in [2.05, 4.69) is 10.6 Å². The largest absolute Gasteiger partial charge is 0.493 e. The second kappa shape index (κ2) is 9.00. The van der Waals surface area contributed by atoms with Gasteiger partial charge in [0, 0.05) is 25.3 Å². The summed E-state index contributed by atoms with van der Waals surface area (Å²) < 4.78 is 41.9. The van der Waals surface area contributed by atoms with Crippen LogP contribution in [0.2, 0.25) is 0 Å². The summed E-state index contributed by atoms with van der Waals surface area (Å²) in [7, 11) is 3.06. The molecule has 0 spiro atoms. The topological polar surface area (TPSA) is 68.8 Å². The van der Waals surface area contributed by atoms with Gasteiger partial charge in [0.05, 0.1) is 26.3 Å². The fourth-order valence-electron chi connectivity index (χ4n) is 2.23. The number of hydrogen-bond donors (Lipinski definition) is 2. The number of carbonyl (C=O) groups is 1. The third-order valence-corrected chi connectivity index (χ3v) is 3.40. The lowest BCUT2D eigenvalue weighted by molar-refractivity contribution is -0.118. The lowest BCUT2D eigenvalue weighted by Gasteiger charge is -2.14. The van der Waals surface area contributed by atoms with Crippen molar-refractivity contribution in [1.29, 1.82) is 0 Å². The molecule has 9 heteroatoms. The molecule has 136 valence electrons. The molecule has 1 amide bonds. The normalized spacial score (nSPS) is 18.6. The van der Waals surface area contributed by atoms with Gasteiger partial charge in [0.25, 0.3) is 5.92 Å². The first-order valence-corrected chi connectivity index (χ1v) is 7.17. The van der Waals surface area contributed by atoms with Crippen molar-refractivity contribution >= 4 is 24.0 Å². The van der Waals surface area contributed by atoms with Crippen molar-refractivity contribution < 1.29 is 27.8 Å². The molecule has 0 aromatic heterocycles. The number of ether oxygens (including phenoxy) is 3. The van der Waals surface area contributed by atoms with Crippen molar-refractivity contribution in [2.24, 2.45) is 0 Å². The minimum atomic E-state index is -2.85. The van der Waals surface area contributed by atoms with Gasteiger partial charge in [-0.1, -0.05) is 0 Å². The number of halogens is 3. The van der Waals surface area contributed by atoms with E-state index in [0.717, 1.165) is 0 Å². The summed E-state index contributed by atoms with van der Waals surface area (Å²) in [4.78, 5) is 12.0. The molecular formula is C15H21ClF2N2O4. The summed E-state index contributed by atoms with van der Waals surface area (Å²) >= 11 is 0. The van der Waals surface area contributed by atoms with Gasteiger partial charge >= 0.3 is 0 Å². The van der Waals surface area contributed by atoms with E-state index in [4.69, 9.17) is 14.2 Å². The van der Waals surface area contributed by atoms with Crippen molar-refractivity contribution in [2.75, 3.05) is 39.3 Å². The van der Waals surface area contributed by atoms with Crippen molar-refractivity contribution in [3.05, 3.63) is 18.2 Å². The number of methoxy groups -OCH3 is 2. The summed E-state index contributed by atoms with van der Waals surface area (Å²) in [6.07, 6.45) is -0.508. The Morgan fingerprint density at radius 1 is 1.33 bits per heavy atom. The summed E-state index contributed by atoms with van der Waals surface area (Å²) in [6, 6.07) is 3.92. The number of carbonyl (C=O) groups excluding carboxylic acids is 1. The van der Waals surface area contributed by atoms with E-state index in [0.29, 0.717) is 30.4 Å². The van der Waals surface area contributed by atoms with Crippen LogP contribution in [0, 0.1) is 0 Å². The van der Waals surface area contributed by atoms with E-state index in [1.54, 1.807) is 25.3 Å². The molecule has 2 N–H and O–H groups in total. The average molecular weight is 367 g/mol. The molecular weight excluding hydrogens is 346 g/mol. The summed E-state index contributed by atoms with van der Waals surface area (Å²) in [6.45, 7) is 0.237. The molecule has 1 aromatic rings. The number of nitrogens with one attached hydrogen (secondary N) is 2. The molecule has 1 unspecified atom stereocenters. The summed E-state index contributed by atoms with van der Waals surface area (Å²) in [5.74, 6) is -2.41. The van der Waals surface area contributed by atoms with Gasteiger partial charge in [-0.3, -0.25) is 10.1 Å². The maximum atomic E-state index is 13.1. The van der Waals surface area contributed by atoms with E-state index in [1.807, 2.05) is 0 Å². The minimum Gasteiger partial charge on any atom is -0.493 e. The highest BCUT2D eigenvalue weighted by Gasteiger charge is 2.42. The van der Waals surface area contributed by atoms with Gasteiger partial charge < -0.3 is 19.5 Å². The van der Waals surface area contributed by atoms with Crippen LogP contribution in [0.4, 0.5) is 14.5 Å². The van der Waals surface area contributed by atoms with E-state index in [1.165, 1.54) is 7.11 Å². The van der Waals surface area contributed by atoms with Gasteiger partial charge in [0.1, 0.15) is 6.61 Å². The third kappa shape index (κ3) is 5.47. The van der Waals surface area contributed by atoms with Crippen molar-refractivity contribution in [2.45, 2.75) is 18.4 Å². The van der Waals surface area contributed by atoms with E-state index < -0.39 is 30.8 Å². The van der Waals surface area contributed by atoms with E-state index in [-0.39, 0.29) is 12.4 Å². The lowest BCUT2D eigenvalue weighted by atomic mass is 10.1. The van der Waals surface area contributed by atoms with Crippen LogP contribution >= 0.6 is 12.4 Å². The number of benzene rings is 1. The number of rotatable bonds is 7. The lowest BCUT2D eigenvalue weighted by Crippen LogP contribution is -2.35. The van der Waals surface area contributed by atoms with Gasteiger partial charge in [-0.2, -0.15) is 0 Å². The fraction of sp³-hybridized carbons (Fsp3) is 0.533. The number of amides is 1. The monoisotopic (exact) mass is 366 g/mol. The fourth-order valence-corrected chi connectivity index (χ4v) is 2.23. The maximum Gasteiger partial charge on any atom is 0.262 e. The first-order chi connectivity index (χ1) is 10.9. The Morgan fingerprint density at radius 2 is 2.08 bits per heavy atom. The SMILES string of the molecule is COCCOc1cc(NC(=O)C2CC(F)(F)CN2)ccc1OC.Cl. The van der Waals surface area contributed by atoms with Gasteiger partial charge in [0.15, 0.2) is 11.5 Å². The molecule has 0 radical (unpaired) electrons. The first-order valence-electron chi connectivity index (χ1n) is 7.17. The van der Waals surface area contributed by atoms with Crippen LogP contribution in [-0.4, -0.2) is 51.8 Å². The predicted octanol–water partition coefficient (Wildman–Crippen LogP) is 2.08. The molecule has 1 fully saturated rings. The Hall–Kier alpha value is -1.64. The number of hydrogen-bond acceptors (Lipinski definition) is 5. The standard InChI is InChI=1S/C15H20F2N2O4.ClH/c1-21-5-6-23-13-7-10(3-4-12(13)22-2)19-14(20)11-8-15(16,17)9-18-11;/h3-4,7,11,18H,5-6,8-9H2,1-2H3,(H,19,20);1H. The van der Waals surface area contributed by atoms with Gasteiger partial charge in [-0.25, -0.2) is 8.78 Å². The molecule has 1 aliphatic rings. The number of alkyl halides is 2. The van der Waals surface area contributed by atoms with Gasteiger partial charge in [-0.15, -0.1) is 12.4 Å². The van der Waals surface area contributed by atoms with Crippen LogP contribution in [0.3, 0.4) is 0 Å². The van der Waals surface area contributed by atoms with Crippen molar-refractivity contribution in [3.8, 4) is 11.5 Å². The van der Waals surface area contributed by atoms with Crippen LogP contribution < -0.4 is 20.1 Å². The van der Waals surface area contributed by atoms with Gasteiger partial charge in [-0.05, 0) is 12.1 Å². The third-order valence-electron chi connectivity index (χ3n) is 3.40. The first kappa shape index (κ1) is 20.4.